The lowest BCUT2D eigenvalue weighted by molar-refractivity contribution is -0.148. The van der Waals surface area contributed by atoms with E-state index in [9.17, 15) is 22.4 Å². The number of amides is 2. The summed E-state index contributed by atoms with van der Waals surface area (Å²) >= 11 is 5.97. The number of halogens is 2. The molecule has 1 unspecified atom stereocenters. The lowest BCUT2D eigenvalue weighted by atomic mass is 10.00. The molecule has 2 aromatic rings. The van der Waals surface area contributed by atoms with E-state index >= 15 is 0 Å². The van der Waals surface area contributed by atoms with Gasteiger partial charge >= 0.3 is 0 Å². The van der Waals surface area contributed by atoms with Crippen molar-refractivity contribution in [3.8, 4) is 0 Å². The van der Waals surface area contributed by atoms with Gasteiger partial charge in [-0.25, -0.2) is 17.1 Å². The molecule has 1 atom stereocenters. The van der Waals surface area contributed by atoms with Gasteiger partial charge in [-0.1, -0.05) is 35.9 Å². The van der Waals surface area contributed by atoms with Crippen LogP contribution in [-0.4, -0.2) is 53.0 Å². The second-order valence-electron chi connectivity index (χ2n) is 8.19. The molecule has 2 aliphatic rings. The second-order valence-corrected chi connectivity index (χ2v) is 10.5. The first-order valence-corrected chi connectivity index (χ1v) is 12.3. The lowest BCUT2D eigenvalue weighted by Crippen LogP contribution is -2.61. The number of benzene rings is 2. The van der Waals surface area contributed by atoms with E-state index in [2.05, 4.69) is 0 Å². The molecule has 7 nitrogen and oxygen atoms in total. The zero-order valence-electron chi connectivity index (χ0n) is 18.1. The molecule has 0 aromatic heterocycles. The fourth-order valence-electron chi connectivity index (χ4n) is 4.05. The molecule has 0 N–H and O–H groups in total. The molecule has 33 heavy (non-hydrogen) atoms. The van der Waals surface area contributed by atoms with Crippen molar-refractivity contribution in [3.05, 3.63) is 77.0 Å². The predicted octanol–water partition coefficient (Wildman–Crippen LogP) is 3.36. The van der Waals surface area contributed by atoms with Gasteiger partial charge in [0.1, 0.15) is 22.6 Å². The molecule has 2 amide bonds. The molecule has 2 aromatic carbocycles. The molecule has 174 valence electrons. The SMILES string of the molecule is CC(C)N1C=C2N(C(=O)CCN2S(=O)(=O)c2ccccc2F)C(Cc2ccc(Cl)cc2)C1=O. The van der Waals surface area contributed by atoms with Crippen LogP contribution in [0.2, 0.25) is 5.02 Å². The van der Waals surface area contributed by atoms with E-state index < -0.39 is 26.8 Å². The molecule has 4 rings (SSSR count). The van der Waals surface area contributed by atoms with Crippen LogP contribution in [0.5, 0.6) is 0 Å². The van der Waals surface area contributed by atoms with Crippen LogP contribution < -0.4 is 0 Å². The zero-order chi connectivity index (χ0) is 23.9. The van der Waals surface area contributed by atoms with Gasteiger partial charge in [0.25, 0.3) is 10.0 Å². The summed E-state index contributed by atoms with van der Waals surface area (Å²) in [5, 5.41) is 0.536. The summed E-state index contributed by atoms with van der Waals surface area (Å²) in [6, 6.07) is 10.8. The minimum absolute atomic E-state index is 0.0433. The van der Waals surface area contributed by atoms with Crippen LogP contribution in [0, 0.1) is 5.82 Å². The Kier molecular flexibility index (Phi) is 6.20. The number of carbonyl (C=O) groups is 2. The zero-order valence-corrected chi connectivity index (χ0v) is 19.7. The Morgan fingerprint density at radius 1 is 1.09 bits per heavy atom. The highest BCUT2D eigenvalue weighted by Crippen LogP contribution is 2.34. The Bertz CT molecular complexity index is 1230. The molecule has 2 aliphatic heterocycles. The van der Waals surface area contributed by atoms with E-state index in [0.717, 1.165) is 15.9 Å². The van der Waals surface area contributed by atoms with Gasteiger partial charge in [0.2, 0.25) is 11.8 Å². The normalized spacial score (nSPS) is 19.1. The average molecular weight is 492 g/mol. The van der Waals surface area contributed by atoms with E-state index in [0.29, 0.717) is 5.02 Å². The van der Waals surface area contributed by atoms with Gasteiger partial charge in [0.15, 0.2) is 0 Å². The van der Waals surface area contributed by atoms with Crippen LogP contribution in [0.4, 0.5) is 4.39 Å². The summed E-state index contributed by atoms with van der Waals surface area (Å²) in [5.74, 6) is -1.52. The molecule has 0 bridgehead atoms. The molecular formula is C23H23ClFN3O4S. The van der Waals surface area contributed by atoms with Crippen LogP contribution in [0.25, 0.3) is 0 Å². The number of nitrogens with zero attached hydrogens (tertiary/aromatic N) is 3. The number of fused-ring (bicyclic) bond motifs is 1. The van der Waals surface area contributed by atoms with E-state index in [1.807, 2.05) is 0 Å². The highest BCUT2D eigenvalue weighted by atomic mass is 35.5. The number of sulfonamides is 1. The smallest absolute Gasteiger partial charge is 0.268 e. The first-order valence-electron chi connectivity index (χ1n) is 10.5. The third kappa shape index (κ3) is 4.22. The van der Waals surface area contributed by atoms with Crippen molar-refractivity contribution in [1.29, 1.82) is 0 Å². The topological polar surface area (TPSA) is 78.0 Å². The fourth-order valence-corrected chi connectivity index (χ4v) is 5.69. The van der Waals surface area contributed by atoms with Crippen molar-refractivity contribution < 1.29 is 22.4 Å². The minimum Gasteiger partial charge on any atom is -0.311 e. The maximum absolute atomic E-state index is 14.4. The highest BCUT2D eigenvalue weighted by Gasteiger charge is 2.47. The Balaban J connectivity index is 1.81. The van der Waals surface area contributed by atoms with Crippen molar-refractivity contribution in [3.63, 3.8) is 0 Å². The van der Waals surface area contributed by atoms with Crippen molar-refractivity contribution >= 4 is 33.4 Å². The largest absolute Gasteiger partial charge is 0.311 e. The maximum Gasteiger partial charge on any atom is 0.268 e. The average Bonchev–Trinajstić information content (AvgIpc) is 2.76. The van der Waals surface area contributed by atoms with E-state index in [1.165, 1.54) is 34.2 Å². The van der Waals surface area contributed by atoms with Crippen LogP contribution in [-0.2, 0) is 26.0 Å². The Morgan fingerprint density at radius 3 is 2.39 bits per heavy atom. The quantitative estimate of drug-likeness (QED) is 0.642. The number of rotatable bonds is 5. The first-order chi connectivity index (χ1) is 15.6. The van der Waals surface area contributed by atoms with Crippen molar-refractivity contribution in [1.82, 2.24) is 14.1 Å². The van der Waals surface area contributed by atoms with E-state index in [1.54, 1.807) is 38.1 Å². The van der Waals surface area contributed by atoms with Gasteiger partial charge in [-0.3, -0.25) is 14.5 Å². The van der Waals surface area contributed by atoms with Gasteiger partial charge in [0.05, 0.1) is 0 Å². The molecule has 1 saturated heterocycles. The van der Waals surface area contributed by atoms with E-state index in [4.69, 9.17) is 11.6 Å². The standard InChI is InChI=1S/C23H23ClFN3O4S/c1-15(2)26-14-21-27(33(31,32)20-6-4-3-5-18(20)25)12-11-22(29)28(21)19(23(26)30)13-16-7-9-17(24)10-8-16/h3-10,14-15,19H,11-13H2,1-2H3. The summed E-state index contributed by atoms with van der Waals surface area (Å²) < 4.78 is 42.3. The molecule has 10 heteroatoms. The predicted molar refractivity (Wildman–Crippen MR) is 121 cm³/mol. The molecular weight excluding hydrogens is 469 g/mol. The third-order valence-electron chi connectivity index (χ3n) is 5.71. The van der Waals surface area contributed by atoms with Crippen LogP contribution in [0.1, 0.15) is 25.8 Å². The van der Waals surface area contributed by atoms with E-state index in [-0.39, 0.29) is 43.1 Å². The second kappa shape index (κ2) is 8.79. The summed E-state index contributed by atoms with van der Waals surface area (Å²) in [6.45, 7) is 3.44. The van der Waals surface area contributed by atoms with Crippen molar-refractivity contribution in [2.24, 2.45) is 0 Å². The lowest BCUT2D eigenvalue weighted by Gasteiger charge is -2.46. The van der Waals surface area contributed by atoms with Crippen LogP contribution in [0.3, 0.4) is 0 Å². The monoisotopic (exact) mass is 491 g/mol. The molecule has 0 aliphatic carbocycles. The third-order valence-corrected chi connectivity index (χ3v) is 7.80. The van der Waals surface area contributed by atoms with Gasteiger partial charge < -0.3 is 4.90 Å². The highest BCUT2D eigenvalue weighted by molar-refractivity contribution is 7.89. The summed E-state index contributed by atoms with van der Waals surface area (Å²) in [6.07, 6.45) is 1.42. The van der Waals surface area contributed by atoms with Crippen molar-refractivity contribution in [2.75, 3.05) is 6.54 Å². The molecule has 1 fully saturated rings. The molecule has 0 spiro atoms. The minimum atomic E-state index is -4.31. The van der Waals surface area contributed by atoms with Crippen LogP contribution >= 0.6 is 11.6 Å². The first kappa shape index (κ1) is 23.3. The summed E-state index contributed by atoms with van der Waals surface area (Å²) in [4.78, 5) is 28.5. The maximum atomic E-state index is 14.4. The fraction of sp³-hybridized carbons (Fsp3) is 0.304. The molecule has 0 radical (unpaired) electrons. The Hall–Kier alpha value is -2.91. The van der Waals surface area contributed by atoms with Gasteiger partial charge in [-0.15, -0.1) is 0 Å². The van der Waals surface area contributed by atoms with Gasteiger partial charge in [0, 0.05) is 36.7 Å². The summed E-state index contributed by atoms with van der Waals surface area (Å²) in [5.41, 5.74) is 0.768. The van der Waals surface area contributed by atoms with Crippen LogP contribution in [0.15, 0.2) is 65.4 Å². The number of hydrogen-bond donors (Lipinski definition) is 0. The number of hydrogen-bond acceptors (Lipinski definition) is 4. The molecule has 2 heterocycles. The summed E-state index contributed by atoms with van der Waals surface area (Å²) in [7, 11) is -4.31. The molecule has 0 saturated carbocycles. The number of carbonyl (C=O) groups excluding carboxylic acids is 2. The van der Waals surface area contributed by atoms with Gasteiger partial charge in [-0.05, 0) is 43.7 Å². The Morgan fingerprint density at radius 2 is 1.76 bits per heavy atom. The van der Waals surface area contributed by atoms with Gasteiger partial charge in [-0.2, -0.15) is 0 Å². The van der Waals surface area contributed by atoms with Crippen molar-refractivity contribution in [2.45, 2.75) is 43.7 Å². The Labute approximate surface area is 197 Å².